The van der Waals surface area contributed by atoms with E-state index in [-0.39, 0.29) is 6.04 Å². The van der Waals surface area contributed by atoms with E-state index in [2.05, 4.69) is 34.6 Å². The first-order valence-corrected chi connectivity index (χ1v) is 6.83. The molecule has 4 nitrogen and oxygen atoms in total. The molecule has 1 heterocycles. The monoisotopic (exact) mass is 256 g/mol. The Hall–Kier alpha value is -1.80. The average molecular weight is 256 g/mol. The summed E-state index contributed by atoms with van der Waals surface area (Å²) in [6.45, 7) is 6.00. The molecule has 4 heteroatoms. The van der Waals surface area contributed by atoms with Crippen molar-refractivity contribution in [3.8, 4) is 0 Å². The van der Waals surface area contributed by atoms with Gasteiger partial charge in [-0.25, -0.2) is 0 Å². The summed E-state index contributed by atoms with van der Waals surface area (Å²) in [6.07, 6.45) is 7.52. The van der Waals surface area contributed by atoms with Gasteiger partial charge >= 0.3 is 0 Å². The molecule has 0 aliphatic heterocycles. The molecule has 0 N–H and O–H groups in total. The largest absolute Gasteiger partial charge is 0.261 e. The highest BCUT2D eigenvalue weighted by molar-refractivity contribution is 5.27. The molecule has 0 amide bonds. The zero-order valence-corrected chi connectivity index (χ0v) is 11.4. The lowest BCUT2D eigenvalue weighted by Crippen LogP contribution is -2.21. The van der Waals surface area contributed by atoms with Crippen molar-refractivity contribution in [2.75, 3.05) is 0 Å². The molecule has 1 aromatic heterocycles. The van der Waals surface area contributed by atoms with Gasteiger partial charge in [-0.2, -0.15) is 0 Å². The van der Waals surface area contributed by atoms with Crippen molar-refractivity contribution < 1.29 is 0 Å². The van der Waals surface area contributed by atoms with Gasteiger partial charge in [0.15, 0.2) is 0 Å². The van der Waals surface area contributed by atoms with Crippen LogP contribution in [0.15, 0.2) is 36.1 Å². The number of hydrogen-bond acceptors (Lipinski definition) is 2. The zero-order chi connectivity index (χ0) is 13.7. The Morgan fingerprint density at radius 2 is 2.53 bits per heavy atom. The molecular formula is C15H20N4. The number of azide groups is 1. The number of nitrogens with zero attached hydrogens (tertiary/aromatic N) is 4. The van der Waals surface area contributed by atoms with Crippen LogP contribution >= 0.6 is 0 Å². The van der Waals surface area contributed by atoms with Crippen molar-refractivity contribution >= 4 is 0 Å². The lowest BCUT2D eigenvalue weighted by molar-refractivity contribution is 0.388. The number of hydrogen-bond donors (Lipinski definition) is 0. The van der Waals surface area contributed by atoms with E-state index in [9.17, 15) is 0 Å². The Morgan fingerprint density at radius 3 is 3.26 bits per heavy atom. The fourth-order valence-electron chi connectivity index (χ4n) is 3.03. The maximum absolute atomic E-state index is 8.65. The highest BCUT2D eigenvalue weighted by Crippen LogP contribution is 2.37. The first-order chi connectivity index (χ1) is 9.24. The second-order valence-electron chi connectivity index (χ2n) is 5.40. The van der Waals surface area contributed by atoms with Gasteiger partial charge in [0.05, 0.1) is 0 Å². The summed E-state index contributed by atoms with van der Waals surface area (Å²) in [5, 5.41) is 3.89. The van der Waals surface area contributed by atoms with Crippen LogP contribution in [-0.4, -0.2) is 11.0 Å². The van der Waals surface area contributed by atoms with Gasteiger partial charge in [0.1, 0.15) is 0 Å². The van der Waals surface area contributed by atoms with Crippen molar-refractivity contribution in [1.82, 2.24) is 4.98 Å². The molecule has 19 heavy (non-hydrogen) atoms. The molecule has 0 radical (unpaired) electrons. The minimum absolute atomic E-state index is 0.00542. The predicted octanol–water partition coefficient (Wildman–Crippen LogP) is 4.39. The van der Waals surface area contributed by atoms with Crippen LogP contribution < -0.4 is 0 Å². The summed E-state index contributed by atoms with van der Waals surface area (Å²) in [5.41, 5.74) is 11.2. The Kier molecular flexibility index (Phi) is 4.58. The highest BCUT2D eigenvalue weighted by atomic mass is 15.1. The average Bonchev–Trinajstić information content (AvgIpc) is 2.39. The third-order valence-electron chi connectivity index (χ3n) is 3.80. The van der Waals surface area contributed by atoms with Crippen molar-refractivity contribution in [2.24, 2.45) is 11.0 Å². The molecule has 0 aromatic carbocycles. The summed E-state index contributed by atoms with van der Waals surface area (Å²) < 4.78 is 0. The van der Waals surface area contributed by atoms with E-state index in [1.54, 1.807) is 0 Å². The molecule has 0 fully saturated rings. The number of fused-ring (bicyclic) bond motifs is 1. The first-order valence-electron chi connectivity index (χ1n) is 6.83. The Balaban J connectivity index is 2.19. The minimum Gasteiger partial charge on any atom is -0.261 e. The van der Waals surface area contributed by atoms with Crippen LogP contribution in [0.2, 0.25) is 0 Å². The first kappa shape index (κ1) is 13.6. The maximum Gasteiger partial charge on any atom is 0.0441 e. The zero-order valence-electron chi connectivity index (χ0n) is 11.4. The molecular weight excluding hydrogens is 236 g/mol. The number of rotatable bonds is 5. The molecule has 1 aliphatic rings. The van der Waals surface area contributed by atoms with Crippen molar-refractivity contribution in [3.63, 3.8) is 0 Å². The van der Waals surface area contributed by atoms with Gasteiger partial charge in [-0.1, -0.05) is 24.2 Å². The van der Waals surface area contributed by atoms with Crippen LogP contribution in [0.25, 0.3) is 10.4 Å². The van der Waals surface area contributed by atoms with Crippen LogP contribution in [0.5, 0.6) is 0 Å². The molecule has 0 saturated heterocycles. The van der Waals surface area contributed by atoms with E-state index in [0.717, 1.165) is 25.7 Å². The minimum atomic E-state index is 0.00542. The molecule has 100 valence electrons. The Labute approximate surface area is 114 Å². The SMILES string of the molecule is C=CC[C@@H](C[C@H]1C[C@@H](C)Cc2ncccc21)N=[N+]=[N-]. The normalized spacial score (nSPS) is 23.0. The van der Waals surface area contributed by atoms with E-state index in [0.29, 0.717) is 11.8 Å². The summed E-state index contributed by atoms with van der Waals surface area (Å²) in [5.74, 6) is 1.09. The highest BCUT2D eigenvalue weighted by Gasteiger charge is 2.26. The van der Waals surface area contributed by atoms with Gasteiger partial charge < -0.3 is 0 Å². The molecule has 0 spiro atoms. The lowest BCUT2D eigenvalue weighted by Gasteiger charge is -2.30. The van der Waals surface area contributed by atoms with Gasteiger partial charge in [0.25, 0.3) is 0 Å². The van der Waals surface area contributed by atoms with Crippen molar-refractivity contribution in [2.45, 2.75) is 44.6 Å². The van der Waals surface area contributed by atoms with E-state index >= 15 is 0 Å². The predicted molar refractivity (Wildman–Crippen MR) is 76.8 cm³/mol. The smallest absolute Gasteiger partial charge is 0.0441 e. The summed E-state index contributed by atoms with van der Waals surface area (Å²) in [6, 6.07) is 4.17. The van der Waals surface area contributed by atoms with Gasteiger partial charge in [0, 0.05) is 22.8 Å². The van der Waals surface area contributed by atoms with Crippen molar-refractivity contribution in [3.05, 3.63) is 52.7 Å². The van der Waals surface area contributed by atoms with Crippen LogP contribution in [-0.2, 0) is 6.42 Å². The molecule has 2 rings (SSSR count). The van der Waals surface area contributed by atoms with Crippen LogP contribution in [0.3, 0.4) is 0 Å². The Morgan fingerprint density at radius 1 is 1.68 bits per heavy atom. The standard InChI is InChI=1S/C15H20N4/c1-3-5-13(18-19-16)10-12-8-11(2)9-15-14(12)6-4-7-17-15/h3-4,6-7,11-13H,1,5,8-10H2,2H3/t11-,12-,13+/m1/s1. The molecule has 3 atom stereocenters. The quantitative estimate of drug-likeness (QED) is 0.333. The Bertz CT molecular complexity index is 491. The maximum atomic E-state index is 8.65. The van der Waals surface area contributed by atoms with Gasteiger partial charge in [-0.15, -0.1) is 6.58 Å². The second kappa shape index (κ2) is 6.39. The number of pyridine rings is 1. The topological polar surface area (TPSA) is 61.7 Å². The van der Waals surface area contributed by atoms with Gasteiger partial charge in [-0.05, 0) is 54.7 Å². The van der Waals surface area contributed by atoms with Crippen molar-refractivity contribution in [1.29, 1.82) is 0 Å². The summed E-state index contributed by atoms with van der Waals surface area (Å²) in [4.78, 5) is 7.45. The molecule has 0 unspecified atom stereocenters. The van der Waals surface area contributed by atoms with E-state index in [1.807, 2.05) is 18.3 Å². The fraction of sp³-hybridized carbons (Fsp3) is 0.533. The third kappa shape index (κ3) is 3.36. The van der Waals surface area contributed by atoms with Gasteiger partial charge in [0.2, 0.25) is 0 Å². The molecule has 0 bridgehead atoms. The van der Waals surface area contributed by atoms with Gasteiger partial charge in [-0.3, -0.25) is 4.98 Å². The third-order valence-corrected chi connectivity index (χ3v) is 3.80. The van der Waals surface area contributed by atoms with E-state index in [4.69, 9.17) is 5.53 Å². The second-order valence-corrected chi connectivity index (χ2v) is 5.40. The summed E-state index contributed by atoms with van der Waals surface area (Å²) in [7, 11) is 0. The van der Waals surface area contributed by atoms with Crippen LogP contribution in [0.1, 0.15) is 43.4 Å². The van der Waals surface area contributed by atoms with Crippen LogP contribution in [0.4, 0.5) is 0 Å². The summed E-state index contributed by atoms with van der Waals surface area (Å²) >= 11 is 0. The molecule has 1 aromatic rings. The van der Waals surface area contributed by atoms with E-state index in [1.165, 1.54) is 11.3 Å². The molecule has 0 saturated carbocycles. The fourth-order valence-corrected chi connectivity index (χ4v) is 3.03. The molecule has 1 aliphatic carbocycles. The van der Waals surface area contributed by atoms with E-state index < -0.39 is 0 Å². The van der Waals surface area contributed by atoms with Crippen LogP contribution in [0, 0.1) is 5.92 Å². The lowest BCUT2D eigenvalue weighted by atomic mass is 9.77. The number of aromatic nitrogens is 1.